The van der Waals surface area contributed by atoms with E-state index in [9.17, 15) is 13.2 Å². The Kier molecular flexibility index (Phi) is 8.10. The van der Waals surface area contributed by atoms with Gasteiger partial charge in [-0.05, 0) is 24.3 Å². The molecule has 2 N–H and O–H groups in total. The summed E-state index contributed by atoms with van der Waals surface area (Å²) in [5.41, 5.74) is 1.87. The molecule has 0 fully saturated rings. The van der Waals surface area contributed by atoms with Crippen LogP contribution in [-0.4, -0.2) is 32.3 Å². The fourth-order valence-corrected chi connectivity index (χ4v) is 3.79. The van der Waals surface area contributed by atoms with E-state index < -0.39 is 15.8 Å². The van der Waals surface area contributed by atoms with Gasteiger partial charge >= 0.3 is 0 Å². The Hall–Kier alpha value is -4.04. The van der Waals surface area contributed by atoms with Crippen LogP contribution in [0.2, 0.25) is 0 Å². The number of phenols is 1. The molecular formula is C26H25NO6S. The van der Waals surface area contributed by atoms with Crippen molar-refractivity contribution in [2.45, 2.75) is 0 Å². The third kappa shape index (κ3) is 6.73. The van der Waals surface area contributed by atoms with Gasteiger partial charge in [-0.15, -0.1) is 6.58 Å². The van der Waals surface area contributed by atoms with Crippen LogP contribution in [0.1, 0.15) is 0 Å². The fourth-order valence-electron chi connectivity index (χ4n) is 3.02. The summed E-state index contributed by atoms with van der Waals surface area (Å²) in [5, 5.41) is 12.2. The lowest BCUT2D eigenvalue weighted by Gasteiger charge is -2.08. The number of rotatable bonds is 7. The van der Waals surface area contributed by atoms with E-state index in [1.807, 2.05) is 43.4 Å². The highest BCUT2D eigenvalue weighted by Crippen LogP contribution is 2.25. The molecule has 0 aliphatic carbocycles. The molecule has 3 aromatic carbocycles. The van der Waals surface area contributed by atoms with Gasteiger partial charge in [0.05, 0.1) is 11.1 Å². The SMILES string of the molecule is C=CCS(=O)(=O)COc1ccc2c(=O)cc(-c3ccccc3)oc2c1.CNc1cccc(O)c1. The van der Waals surface area contributed by atoms with Crippen molar-refractivity contribution in [2.24, 2.45) is 0 Å². The van der Waals surface area contributed by atoms with Gasteiger partial charge in [-0.1, -0.05) is 42.5 Å². The van der Waals surface area contributed by atoms with Crippen LogP contribution in [0.4, 0.5) is 5.69 Å². The molecule has 0 spiro atoms. The van der Waals surface area contributed by atoms with Gasteiger partial charge < -0.3 is 19.6 Å². The van der Waals surface area contributed by atoms with Crippen LogP contribution in [0.3, 0.4) is 0 Å². The van der Waals surface area contributed by atoms with Crippen molar-refractivity contribution in [2.75, 3.05) is 24.1 Å². The van der Waals surface area contributed by atoms with Crippen molar-refractivity contribution in [3.8, 4) is 22.8 Å². The van der Waals surface area contributed by atoms with Gasteiger partial charge in [0.15, 0.2) is 21.2 Å². The summed E-state index contributed by atoms with van der Waals surface area (Å²) in [6.07, 6.45) is 1.31. The van der Waals surface area contributed by atoms with Gasteiger partial charge in [-0.25, -0.2) is 8.42 Å². The van der Waals surface area contributed by atoms with E-state index in [1.54, 1.807) is 30.3 Å². The predicted molar refractivity (Wildman–Crippen MR) is 135 cm³/mol. The zero-order valence-corrected chi connectivity index (χ0v) is 19.4. The van der Waals surface area contributed by atoms with E-state index >= 15 is 0 Å². The molecule has 0 amide bonds. The van der Waals surface area contributed by atoms with Gasteiger partial charge in [0.2, 0.25) is 0 Å². The molecule has 4 aromatic rings. The van der Waals surface area contributed by atoms with E-state index in [1.165, 1.54) is 18.2 Å². The van der Waals surface area contributed by atoms with Gasteiger partial charge in [-0.3, -0.25) is 4.79 Å². The number of benzene rings is 3. The second kappa shape index (κ2) is 11.2. The maximum Gasteiger partial charge on any atom is 0.193 e. The summed E-state index contributed by atoms with van der Waals surface area (Å²) >= 11 is 0. The summed E-state index contributed by atoms with van der Waals surface area (Å²) in [6, 6.07) is 22.3. The number of fused-ring (bicyclic) bond motifs is 1. The molecule has 0 atom stereocenters. The largest absolute Gasteiger partial charge is 0.508 e. The monoisotopic (exact) mass is 479 g/mol. The summed E-state index contributed by atoms with van der Waals surface area (Å²) in [4.78, 5) is 12.3. The predicted octanol–water partition coefficient (Wildman–Crippen LogP) is 4.83. The van der Waals surface area contributed by atoms with Crippen LogP contribution in [0.25, 0.3) is 22.3 Å². The summed E-state index contributed by atoms with van der Waals surface area (Å²) in [5.74, 6) is 0.422. The first-order valence-electron chi connectivity index (χ1n) is 10.4. The van der Waals surface area contributed by atoms with Crippen molar-refractivity contribution in [3.05, 3.63) is 102 Å². The molecule has 0 aliphatic heterocycles. The van der Waals surface area contributed by atoms with Crippen LogP contribution >= 0.6 is 0 Å². The van der Waals surface area contributed by atoms with Gasteiger partial charge in [0.25, 0.3) is 0 Å². The van der Waals surface area contributed by atoms with Crippen LogP contribution in [0.5, 0.6) is 11.5 Å². The van der Waals surface area contributed by atoms with E-state index in [0.29, 0.717) is 28.2 Å². The molecule has 7 nitrogen and oxygen atoms in total. The highest BCUT2D eigenvalue weighted by Gasteiger charge is 2.11. The lowest BCUT2D eigenvalue weighted by molar-refractivity contribution is 0.377. The summed E-state index contributed by atoms with van der Waals surface area (Å²) in [6.45, 7) is 3.41. The summed E-state index contributed by atoms with van der Waals surface area (Å²) in [7, 11) is -1.56. The van der Waals surface area contributed by atoms with Gasteiger partial charge in [0.1, 0.15) is 22.8 Å². The number of hydrogen-bond acceptors (Lipinski definition) is 7. The number of ether oxygens (including phenoxy) is 1. The minimum Gasteiger partial charge on any atom is -0.508 e. The third-order valence-electron chi connectivity index (χ3n) is 4.67. The Bertz CT molecular complexity index is 1430. The zero-order chi connectivity index (χ0) is 24.6. The van der Waals surface area contributed by atoms with Crippen molar-refractivity contribution in [1.82, 2.24) is 0 Å². The van der Waals surface area contributed by atoms with Crippen LogP contribution in [-0.2, 0) is 9.84 Å². The van der Waals surface area contributed by atoms with E-state index in [4.69, 9.17) is 14.3 Å². The molecular weight excluding hydrogens is 454 g/mol. The molecule has 8 heteroatoms. The average Bonchev–Trinajstić information content (AvgIpc) is 2.83. The molecule has 1 heterocycles. The van der Waals surface area contributed by atoms with E-state index in [0.717, 1.165) is 11.3 Å². The van der Waals surface area contributed by atoms with Crippen LogP contribution < -0.4 is 15.5 Å². The maximum absolute atomic E-state index is 12.3. The van der Waals surface area contributed by atoms with Gasteiger partial charge in [0, 0.05) is 36.5 Å². The number of sulfone groups is 1. The fraction of sp³-hybridized carbons (Fsp3) is 0.115. The smallest absolute Gasteiger partial charge is 0.193 e. The molecule has 0 saturated carbocycles. The van der Waals surface area contributed by atoms with Crippen molar-refractivity contribution >= 4 is 26.5 Å². The lowest BCUT2D eigenvalue weighted by atomic mass is 10.1. The Morgan fingerprint density at radius 3 is 2.44 bits per heavy atom. The highest BCUT2D eigenvalue weighted by molar-refractivity contribution is 7.91. The van der Waals surface area contributed by atoms with Gasteiger partial charge in [-0.2, -0.15) is 0 Å². The highest BCUT2D eigenvalue weighted by atomic mass is 32.2. The Morgan fingerprint density at radius 2 is 1.79 bits per heavy atom. The molecule has 0 aliphatic rings. The standard InChI is InChI=1S/C19H16O5S.C7H9NO/c1-2-10-25(21,22)13-23-15-8-9-16-17(20)12-18(24-19(16)11-15)14-6-4-3-5-7-14;1-8-6-3-2-4-7(9)5-6/h2-9,11-12H,1,10,13H2;2-5,8-9H,1H3. The number of anilines is 1. The molecule has 176 valence electrons. The van der Waals surface area contributed by atoms with Crippen LogP contribution in [0, 0.1) is 0 Å². The number of hydrogen-bond donors (Lipinski definition) is 2. The second-order valence-electron chi connectivity index (χ2n) is 7.26. The molecule has 1 aromatic heterocycles. The first kappa shape index (κ1) is 24.6. The van der Waals surface area contributed by atoms with E-state index in [-0.39, 0.29) is 11.2 Å². The van der Waals surface area contributed by atoms with Crippen molar-refractivity contribution in [1.29, 1.82) is 0 Å². The first-order chi connectivity index (χ1) is 16.3. The number of aromatic hydroxyl groups is 1. The molecule has 0 saturated heterocycles. The maximum atomic E-state index is 12.3. The zero-order valence-electron chi connectivity index (χ0n) is 18.6. The Balaban J connectivity index is 0.000000302. The van der Waals surface area contributed by atoms with Crippen LogP contribution in [0.15, 0.2) is 101 Å². The number of nitrogens with one attached hydrogen (secondary N) is 1. The molecule has 0 unspecified atom stereocenters. The lowest BCUT2D eigenvalue weighted by Crippen LogP contribution is -2.14. The third-order valence-corrected chi connectivity index (χ3v) is 5.89. The Labute approximate surface area is 197 Å². The Morgan fingerprint density at radius 1 is 1.03 bits per heavy atom. The minimum absolute atomic E-state index is 0.159. The number of phenolic OH excluding ortho intramolecular Hbond substituents is 1. The quantitative estimate of drug-likeness (QED) is 0.366. The normalized spacial score (nSPS) is 10.7. The average molecular weight is 480 g/mol. The summed E-state index contributed by atoms with van der Waals surface area (Å²) < 4.78 is 34.5. The molecule has 4 rings (SSSR count). The van der Waals surface area contributed by atoms with Crippen molar-refractivity contribution in [3.63, 3.8) is 0 Å². The molecule has 0 bridgehead atoms. The minimum atomic E-state index is -3.38. The first-order valence-corrected chi connectivity index (χ1v) is 12.2. The molecule has 34 heavy (non-hydrogen) atoms. The molecule has 0 radical (unpaired) electrons. The van der Waals surface area contributed by atoms with E-state index in [2.05, 4.69) is 11.9 Å². The topological polar surface area (TPSA) is 106 Å². The van der Waals surface area contributed by atoms with Crippen molar-refractivity contribution < 1.29 is 22.7 Å². The second-order valence-corrected chi connectivity index (χ2v) is 9.32.